The Labute approximate surface area is 136 Å². The lowest BCUT2D eigenvalue weighted by atomic mass is 9.99. The summed E-state index contributed by atoms with van der Waals surface area (Å²) in [6.45, 7) is 0.404. The first-order valence-corrected chi connectivity index (χ1v) is 9.50. The molecule has 0 radical (unpaired) electrons. The Kier molecular flexibility index (Phi) is 4.48. The van der Waals surface area contributed by atoms with Crippen molar-refractivity contribution in [3.8, 4) is 11.1 Å². The summed E-state index contributed by atoms with van der Waals surface area (Å²) in [5.74, 6) is 0.267. The highest BCUT2D eigenvalue weighted by Gasteiger charge is 2.28. The summed E-state index contributed by atoms with van der Waals surface area (Å²) in [5, 5.41) is 2.89. The van der Waals surface area contributed by atoms with E-state index in [1.54, 1.807) is 6.07 Å². The third kappa shape index (κ3) is 3.79. The van der Waals surface area contributed by atoms with Gasteiger partial charge in [0, 0.05) is 12.1 Å². The molecule has 120 valence electrons. The third-order valence-electron chi connectivity index (χ3n) is 4.13. The summed E-state index contributed by atoms with van der Waals surface area (Å²) in [6.07, 6.45) is 0.628. The molecule has 0 bridgehead atoms. The third-order valence-corrected chi connectivity index (χ3v) is 5.97. The van der Waals surface area contributed by atoms with Crippen LogP contribution in [0.4, 0.5) is 0 Å². The van der Waals surface area contributed by atoms with Gasteiger partial charge in [0.1, 0.15) is 0 Å². The van der Waals surface area contributed by atoms with Crippen molar-refractivity contribution in [2.24, 2.45) is 5.92 Å². The highest BCUT2D eigenvalue weighted by Crippen LogP contribution is 2.23. The quantitative estimate of drug-likeness (QED) is 0.937. The standard InChI is InChI=1S/C18H19NO3S/c20-18(19-12-14-10-11-23(21,22)13-14)17-9-5-4-8-16(17)15-6-2-1-3-7-15/h1-9,14H,10-13H2,(H,19,20)/t14-/m0/s1. The van der Waals surface area contributed by atoms with Crippen molar-refractivity contribution in [1.82, 2.24) is 5.32 Å². The van der Waals surface area contributed by atoms with Gasteiger partial charge >= 0.3 is 0 Å². The van der Waals surface area contributed by atoms with E-state index in [4.69, 9.17) is 0 Å². The van der Waals surface area contributed by atoms with Crippen molar-refractivity contribution in [1.29, 1.82) is 0 Å². The maximum atomic E-state index is 12.5. The number of nitrogens with one attached hydrogen (secondary N) is 1. The Morgan fingerprint density at radius 2 is 1.74 bits per heavy atom. The monoisotopic (exact) mass is 329 g/mol. The summed E-state index contributed by atoms with van der Waals surface area (Å²) in [4.78, 5) is 12.5. The van der Waals surface area contributed by atoms with Crippen LogP contribution in [0.25, 0.3) is 11.1 Å². The molecule has 1 saturated heterocycles. The summed E-state index contributed by atoms with van der Waals surface area (Å²) in [7, 11) is -2.91. The number of carbonyl (C=O) groups excluding carboxylic acids is 1. The average molecular weight is 329 g/mol. The van der Waals surface area contributed by atoms with E-state index < -0.39 is 9.84 Å². The molecule has 0 aromatic heterocycles. The lowest BCUT2D eigenvalue weighted by Gasteiger charge is -2.12. The molecular weight excluding hydrogens is 310 g/mol. The molecule has 1 aliphatic heterocycles. The molecule has 1 atom stereocenters. The molecule has 3 rings (SSSR count). The van der Waals surface area contributed by atoms with E-state index in [1.165, 1.54) is 0 Å². The van der Waals surface area contributed by atoms with E-state index >= 15 is 0 Å². The first kappa shape index (κ1) is 15.7. The van der Waals surface area contributed by atoms with Crippen LogP contribution in [-0.2, 0) is 9.84 Å². The van der Waals surface area contributed by atoms with E-state index in [9.17, 15) is 13.2 Å². The molecule has 0 saturated carbocycles. The smallest absolute Gasteiger partial charge is 0.251 e. The van der Waals surface area contributed by atoms with Crippen LogP contribution >= 0.6 is 0 Å². The van der Waals surface area contributed by atoms with Gasteiger partial charge < -0.3 is 5.32 Å². The predicted octanol–water partition coefficient (Wildman–Crippen LogP) is 2.52. The van der Waals surface area contributed by atoms with Crippen molar-refractivity contribution in [2.75, 3.05) is 18.1 Å². The topological polar surface area (TPSA) is 63.2 Å². The molecule has 0 spiro atoms. The molecule has 1 heterocycles. The number of amides is 1. The second-order valence-corrected chi connectivity index (χ2v) is 8.12. The lowest BCUT2D eigenvalue weighted by Crippen LogP contribution is -2.30. The summed E-state index contributed by atoms with van der Waals surface area (Å²) < 4.78 is 23.0. The highest BCUT2D eigenvalue weighted by atomic mass is 32.2. The fraction of sp³-hybridized carbons (Fsp3) is 0.278. The van der Waals surface area contributed by atoms with Crippen LogP contribution in [0, 0.1) is 5.92 Å². The number of benzene rings is 2. The number of rotatable bonds is 4. The van der Waals surface area contributed by atoms with Crippen LogP contribution in [-0.4, -0.2) is 32.4 Å². The molecule has 4 nitrogen and oxygen atoms in total. The minimum Gasteiger partial charge on any atom is -0.352 e. The highest BCUT2D eigenvalue weighted by molar-refractivity contribution is 7.91. The molecule has 0 aliphatic carbocycles. The Bertz CT molecular complexity index is 800. The molecule has 1 fully saturated rings. The van der Waals surface area contributed by atoms with Crippen LogP contribution in [0.1, 0.15) is 16.8 Å². The number of carbonyl (C=O) groups is 1. The van der Waals surface area contributed by atoms with Crippen molar-refractivity contribution >= 4 is 15.7 Å². The molecular formula is C18H19NO3S. The van der Waals surface area contributed by atoms with Crippen molar-refractivity contribution in [2.45, 2.75) is 6.42 Å². The second-order valence-electron chi connectivity index (χ2n) is 5.89. The van der Waals surface area contributed by atoms with E-state index in [2.05, 4.69) is 5.32 Å². The van der Waals surface area contributed by atoms with E-state index in [1.807, 2.05) is 48.5 Å². The van der Waals surface area contributed by atoms with Gasteiger partial charge in [-0.25, -0.2) is 8.42 Å². The van der Waals surface area contributed by atoms with E-state index in [0.717, 1.165) is 11.1 Å². The number of hydrogen-bond donors (Lipinski definition) is 1. The van der Waals surface area contributed by atoms with Crippen LogP contribution in [0.3, 0.4) is 0 Å². The van der Waals surface area contributed by atoms with Gasteiger partial charge in [0.2, 0.25) is 0 Å². The van der Waals surface area contributed by atoms with Crippen LogP contribution in [0.5, 0.6) is 0 Å². The Balaban J connectivity index is 1.73. The fourth-order valence-corrected chi connectivity index (χ4v) is 4.78. The lowest BCUT2D eigenvalue weighted by molar-refractivity contribution is 0.0949. The second kappa shape index (κ2) is 6.54. The summed E-state index contributed by atoms with van der Waals surface area (Å²) in [5.41, 5.74) is 2.48. The Morgan fingerprint density at radius 1 is 1.04 bits per heavy atom. The summed E-state index contributed by atoms with van der Waals surface area (Å²) >= 11 is 0. The van der Waals surface area contributed by atoms with Crippen LogP contribution in [0.15, 0.2) is 54.6 Å². The van der Waals surface area contributed by atoms with Gasteiger partial charge in [-0.3, -0.25) is 4.79 Å². The maximum absolute atomic E-state index is 12.5. The predicted molar refractivity (Wildman–Crippen MR) is 91.0 cm³/mol. The number of hydrogen-bond acceptors (Lipinski definition) is 3. The van der Waals surface area contributed by atoms with Gasteiger partial charge in [0.15, 0.2) is 9.84 Å². The van der Waals surface area contributed by atoms with Gasteiger partial charge in [0.05, 0.1) is 11.5 Å². The van der Waals surface area contributed by atoms with Crippen LogP contribution in [0.2, 0.25) is 0 Å². The van der Waals surface area contributed by atoms with Crippen molar-refractivity contribution in [3.63, 3.8) is 0 Å². The molecule has 2 aromatic carbocycles. The SMILES string of the molecule is O=C(NC[C@@H]1CCS(=O)(=O)C1)c1ccccc1-c1ccccc1. The zero-order valence-corrected chi connectivity index (χ0v) is 13.6. The molecule has 2 aromatic rings. The zero-order chi connectivity index (χ0) is 16.3. The molecule has 23 heavy (non-hydrogen) atoms. The minimum absolute atomic E-state index is 0.0211. The number of sulfone groups is 1. The van der Waals surface area contributed by atoms with Gasteiger partial charge in [-0.05, 0) is 29.5 Å². The Morgan fingerprint density at radius 3 is 2.43 bits per heavy atom. The molecule has 1 amide bonds. The molecule has 1 aliphatic rings. The van der Waals surface area contributed by atoms with E-state index in [0.29, 0.717) is 18.5 Å². The minimum atomic E-state index is -2.91. The first-order valence-electron chi connectivity index (χ1n) is 7.68. The zero-order valence-electron chi connectivity index (χ0n) is 12.7. The van der Waals surface area contributed by atoms with Gasteiger partial charge in [-0.15, -0.1) is 0 Å². The molecule has 1 N–H and O–H groups in total. The first-order chi connectivity index (χ1) is 11.1. The van der Waals surface area contributed by atoms with Crippen molar-refractivity contribution in [3.05, 3.63) is 60.2 Å². The van der Waals surface area contributed by atoms with Crippen LogP contribution < -0.4 is 5.32 Å². The average Bonchev–Trinajstić information content (AvgIpc) is 2.92. The normalized spacial score (nSPS) is 19.4. The van der Waals surface area contributed by atoms with Crippen molar-refractivity contribution < 1.29 is 13.2 Å². The van der Waals surface area contributed by atoms with Gasteiger partial charge in [-0.2, -0.15) is 0 Å². The van der Waals surface area contributed by atoms with E-state index in [-0.39, 0.29) is 23.3 Å². The Hall–Kier alpha value is -2.14. The fourth-order valence-electron chi connectivity index (χ4n) is 2.92. The maximum Gasteiger partial charge on any atom is 0.251 e. The van der Waals surface area contributed by atoms with Gasteiger partial charge in [-0.1, -0.05) is 48.5 Å². The molecule has 0 unspecified atom stereocenters. The summed E-state index contributed by atoms with van der Waals surface area (Å²) in [6, 6.07) is 17.2. The largest absolute Gasteiger partial charge is 0.352 e. The van der Waals surface area contributed by atoms with Gasteiger partial charge in [0.25, 0.3) is 5.91 Å². The molecule has 5 heteroatoms.